The summed E-state index contributed by atoms with van der Waals surface area (Å²) in [4.78, 5) is 31.8. The maximum atomic E-state index is 12.3. The number of anilines is 1. The van der Waals surface area contributed by atoms with Crippen molar-refractivity contribution in [3.8, 4) is 0 Å². The molecule has 8 nitrogen and oxygen atoms in total. The zero-order valence-electron chi connectivity index (χ0n) is 15.9. The first kappa shape index (κ1) is 20.1. The Labute approximate surface area is 180 Å². The second kappa shape index (κ2) is 8.68. The monoisotopic (exact) mass is 440 g/mol. The molecular formula is C20H17ClN6O2S. The van der Waals surface area contributed by atoms with Crippen molar-refractivity contribution < 1.29 is 4.79 Å². The quantitative estimate of drug-likeness (QED) is 0.446. The molecule has 0 aliphatic rings. The van der Waals surface area contributed by atoms with Gasteiger partial charge in [0.25, 0.3) is 5.56 Å². The lowest BCUT2D eigenvalue weighted by Gasteiger charge is -2.07. The van der Waals surface area contributed by atoms with Crippen molar-refractivity contribution >= 4 is 45.9 Å². The third-order valence-electron chi connectivity index (χ3n) is 4.39. The molecular weight excluding hydrogens is 424 g/mol. The minimum Gasteiger partial charge on any atom is -0.324 e. The van der Waals surface area contributed by atoms with Gasteiger partial charge in [-0.15, -0.1) is 10.2 Å². The second-order valence-electron chi connectivity index (χ2n) is 6.48. The molecule has 2 aromatic heterocycles. The van der Waals surface area contributed by atoms with Crippen molar-refractivity contribution in [1.29, 1.82) is 0 Å². The average Bonchev–Trinajstić information content (AvgIpc) is 3.07. The van der Waals surface area contributed by atoms with Crippen molar-refractivity contribution in [3.63, 3.8) is 0 Å². The van der Waals surface area contributed by atoms with Gasteiger partial charge in [0, 0.05) is 7.05 Å². The Balaban J connectivity index is 1.43. The summed E-state index contributed by atoms with van der Waals surface area (Å²) in [5.74, 6) is 1.24. The molecule has 152 valence electrons. The number of amides is 1. The van der Waals surface area contributed by atoms with Crippen LogP contribution in [-0.2, 0) is 24.0 Å². The zero-order chi connectivity index (χ0) is 21.1. The van der Waals surface area contributed by atoms with Gasteiger partial charge in [0.15, 0.2) is 5.16 Å². The number of carbonyl (C=O) groups is 1. The van der Waals surface area contributed by atoms with Crippen LogP contribution in [0.1, 0.15) is 11.6 Å². The lowest BCUT2D eigenvalue weighted by molar-refractivity contribution is -0.115. The number of halogens is 1. The van der Waals surface area contributed by atoms with Crippen molar-refractivity contribution in [2.45, 2.75) is 17.3 Å². The van der Waals surface area contributed by atoms with Crippen LogP contribution in [0.15, 0.2) is 58.5 Å². The zero-order valence-corrected chi connectivity index (χ0v) is 17.5. The van der Waals surface area contributed by atoms with Crippen LogP contribution in [0.25, 0.3) is 10.9 Å². The summed E-state index contributed by atoms with van der Waals surface area (Å²) < 4.78 is 1.75. The lowest BCUT2D eigenvalue weighted by atomic mass is 10.2. The van der Waals surface area contributed by atoms with E-state index in [-0.39, 0.29) is 17.9 Å². The molecule has 0 saturated heterocycles. The van der Waals surface area contributed by atoms with E-state index in [4.69, 9.17) is 11.6 Å². The molecule has 4 rings (SSSR count). The van der Waals surface area contributed by atoms with Crippen LogP contribution in [-0.4, -0.2) is 30.6 Å². The minimum absolute atomic E-state index is 0.0559. The smallest absolute Gasteiger partial charge is 0.258 e. The van der Waals surface area contributed by atoms with Crippen molar-refractivity contribution in [3.05, 3.63) is 75.6 Å². The first-order chi connectivity index (χ1) is 14.5. The lowest BCUT2D eigenvalue weighted by Crippen LogP contribution is -2.17. The average molecular weight is 441 g/mol. The molecule has 0 aliphatic carbocycles. The molecule has 1 amide bonds. The van der Waals surface area contributed by atoms with Crippen LogP contribution in [0.3, 0.4) is 0 Å². The molecule has 0 spiro atoms. The molecule has 2 aromatic carbocycles. The molecule has 0 atom stereocenters. The molecule has 2 N–H and O–H groups in total. The van der Waals surface area contributed by atoms with Crippen LogP contribution in [0, 0.1) is 0 Å². The number of benzene rings is 2. The highest BCUT2D eigenvalue weighted by atomic mass is 35.5. The van der Waals surface area contributed by atoms with Gasteiger partial charge in [-0.2, -0.15) is 0 Å². The van der Waals surface area contributed by atoms with E-state index in [0.29, 0.717) is 44.2 Å². The van der Waals surface area contributed by atoms with Crippen LogP contribution < -0.4 is 10.9 Å². The van der Waals surface area contributed by atoms with Crippen LogP contribution in [0.4, 0.5) is 5.69 Å². The summed E-state index contributed by atoms with van der Waals surface area (Å²) in [5.41, 5.74) is 1.02. The van der Waals surface area contributed by atoms with E-state index in [1.165, 1.54) is 11.8 Å². The minimum atomic E-state index is -0.240. The highest BCUT2D eigenvalue weighted by Crippen LogP contribution is 2.22. The van der Waals surface area contributed by atoms with Gasteiger partial charge in [-0.1, -0.05) is 47.6 Å². The van der Waals surface area contributed by atoms with Crippen molar-refractivity contribution in [2.75, 3.05) is 5.32 Å². The normalized spacial score (nSPS) is 11.0. The number of carbonyl (C=O) groups excluding carboxylic acids is 1. The maximum absolute atomic E-state index is 12.3. The Kier molecular flexibility index (Phi) is 5.82. The molecule has 4 aromatic rings. The Morgan fingerprint density at radius 3 is 2.77 bits per heavy atom. The van der Waals surface area contributed by atoms with Crippen LogP contribution >= 0.6 is 23.4 Å². The van der Waals surface area contributed by atoms with Crippen LogP contribution in [0.5, 0.6) is 0 Å². The number of aromatic nitrogens is 5. The summed E-state index contributed by atoms with van der Waals surface area (Å²) in [6.07, 6.45) is 0.0559. The van der Waals surface area contributed by atoms with E-state index < -0.39 is 0 Å². The second-order valence-corrected chi connectivity index (χ2v) is 7.83. The van der Waals surface area contributed by atoms with E-state index in [1.807, 2.05) is 6.07 Å². The molecule has 0 unspecified atom stereocenters. The summed E-state index contributed by atoms with van der Waals surface area (Å²) in [5, 5.41) is 12.7. The van der Waals surface area contributed by atoms with Crippen molar-refractivity contribution in [1.82, 2.24) is 24.7 Å². The molecule has 30 heavy (non-hydrogen) atoms. The van der Waals surface area contributed by atoms with E-state index in [0.717, 1.165) is 0 Å². The van der Waals surface area contributed by atoms with Gasteiger partial charge in [0.05, 0.1) is 33.8 Å². The van der Waals surface area contributed by atoms with Crippen molar-refractivity contribution in [2.24, 2.45) is 7.05 Å². The number of hydrogen-bond acceptors (Lipinski definition) is 6. The molecule has 2 heterocycles. The van der Waals surface area contributed by atoms with Gasteiger partial charge in [-0.3, -0.25) is 9.59 Å². The highest BCUT2D eigenvalue weighted by molar-refractivity contribution is 7.98. The number of hydrogen-bond donors (Lipinski definition) is 2. The Hall–Kier alpha value is -3.17. The SMILES string of the molecule is Cn1c(CC(=O)Nc2ccccc2Cl)nnc1SCc1nc2ccccc2c(=O)[nH]1. The summed E-state index contributed by atoms with van der Waals surface area (Å²) in [6, 6.07) is 14.2. The van der Waals surface area contributed by atoms with Gasteiger partial charge in [0.1, 0.15) is 11.6 Å². The topological polar surface area (TPSA) is 106 Å². The van der Waals surface area contributed by atoms with Gasteiger partial charge in [-0.05, 0) is 24.3 Å². The number of H-pyrrole nitrogens is 1. The number of aromatic amines is 1. The van der Waals surface area contributed by atoms with Gasteiger partial charge in [-0.25, -0.2) is 4.98 Å². The number of fused-ring (bicyclic) bond motifs is 1. The van der Waals surface area contributed by atoms with Gasteiger partial charge < -0.3 is 14.9 Å². The maximum Gasteiger partial charge on any atom is 0.258 e. The largest absolute Gasteiger partial charge is 0.324 e. The first-order valence-electron chi connectivity index (χ1n) is 9.04. The molecule has 0 bridgehead atoms. The van der Waals surface area contributed by atoms with Gasteiger partial charge in [0.2, 0.25) is 5.91 Å². The fourth-order valence-electron chi connectivity index (χ4n) is 2.86. The van der Waals surface area contributed by atoms with Crippen LogP contribution in [0.2, 0.25) is 5.02 Å². The Morgan fingerprint density at radius 1 is 1.17 bits per heavy atom. The number of nitrogens with zero attached hydrogens (tertiary/aromatic N) is 4. The van der Waals surface area contributed by atoms with E-state index in [2.05, 4.69) is 25.5 Å². The number of nitrogens with one attached hydrogen (secondary N) is 2. The highest BCUT2D eigenvalue weighted by Gasteiger charge is 2.15. The number of para-hydroxylation sites is 2. The van der Waals surface area contributed by atoms with E-state index in [9.17, 15) is 9.59 Å². The van der Waals surface area contributed by atoms with Gasteiger partial charge >= 0.3 is 0 Å². The molecule has 0 saturated carbocycles. The summed E-state index contributed by atoms with van der Waals surface area (Å²) in [6.45, 7) is 0. The summed E-state index contributed by atoms with van der Waals surface area (Å²) in [7, 11) is 1.79. The predicted molar refractivity (Wildman–Crippen MR) is 117 cm³/mol. The summed E-state index contributed by atoms with van der Waals surface area (Å²) >= 11 is 7.45. The fraction of sp³-hybridized carbons (Fsp3) is 0.150. The van der Waals surface area contributed by atoms with E-state index in [1.54, 1.807) is 54.1 Å². The van der Waals surface area contributed by atoms with E-state index >= 15 is 0 Å². The molecule has 0 fully saturated rings. The molecule has 0 radical (unpaired) electrons. The Bertz CT molecular complexity index is 1290. The molecule has 10 heteroatoms. The Morgan fingerprint density at radius 2 is 1.93 bits per heavy atom. The molecule has 0 aliphatic heterocycles. The third kappa shape index (κ3) is 4.37. The first-order valence-corrected chi connectivity index (χ1v) is 10.4. The number of rotatable bonds is 6. The third-order valence-corrected chi connectivity index (χ3v) is 5.75. The standard InChI is InChI=1S/C20H17ClN6O2S/c1-27-17(10-18(28)23-15-9-5-3-7-13(15)21)25-26-20(27)30-11-16-22-14-8-4-2-6-12(14)19(29)24-16/h2-9H,10-11H2,1H3,(H,23,28)(H,22,24,29). The number of thioether (sulfide) groups is 1. The predicted octanol–water partition coefficient (Wildman–Crippen LogP) is 3.18. The fourth-order valence-corrected chi connectivity index (χ4v) is 3.84.